The Kier molecular flexibility index (Phi) is 3.91. The number of nitrogens with zero attached hydrogens (tertiary/aromatic N) is 2. The van der Waals surface area contributed by atoms with Crippen LogP contribution in [0.1, 0.15) is 21.6 Å². The zero-order valence-electron chi connectivity index (χ0n) is 13.1. The van der Waals surface area contributed by atoms with Crippen LogP contribution in [0.4, 0.5) is 0 Å². The van der Waals surface area contributed by atoms with Crippen molar-refractivity contribution in [2.75, 3.05) is 32.7 Å². The van der Waals surface area contributed by atoms with Gasteiger partial charge in [-0.3, -0.25) is 9.69 Å². The minimum absolute atomic E-state index is 0.112. The Morgan fingerprint density at radius 3 is 2.68 bits per heavy atom. The lowest BCUT2D eigenvalue weighted by Crippen LogP contribution is -2.48. The lowest BCUT2D eigenvalue weighted by atomic mass is 10.1. The summed E-state index contributed by atoms with van der Waals surface area (Å²) in [5.41, 5.74) is 4.22. The van der Waals surface area contributed by atoms with Crippen molar-refractivity contribution in [3.05, 3.63) is 35.0 Å². The van der Waals surface area contributed by atoms with Gasteiger partial charge in [-0.2, -0.15) is 0 Å². The molecule has 0 saturated carbocycles. The van der Waals surface area contributed by atoms with Crippen LogP contribution in [0.5, 0.6) is 0 Å². The maximum Gasteiger partial charge on any atom is 0.253 e. The van der Waals surface area contributed by atoms with Gasteiger partial charge in [0.15, 0.2) is 0 Å². The Bertz CT molecular complexity index is 746. The van der Waals surface area contributed by atoms with Gasteiger partial charge in [0, 0.05) is 48.3 Å². The number of aryl methyl sites for hydroxylation is 2. The lowest BCUT2D eigenvalue weighted by molar-refractivity contribution is 0.0652. The first-order valence-electron chi connectivity index (χ1n) is 7.64. The number of benzene rings is 1. The molecule has 114 valence electrons. The molecule has 1 saturated heterocycles. The van der Waals surface area contributed by atoms with E-state index in [0.29, 0.717) is 6.54 Å². The maximum absolute atomic E-state index is 12.7. The number of carbonyl (C=O) groups excluding carboxylic acids is 1. The predicted molar refractivity (Wildman–Crippen MR) is 88.9 cm³/mol. The minimum atomic E-state index is 0.112. The average molecular weight is 295 g/mol. The van der Waals surface area contributed by atoms with Crippen LogP contribution in [0.2, 0.25) is 0 Å². The van der Waals surface area contributed by atoms with Crippen LogP contribution in [-0.2, 0) is 0 Å². The Balaban J connectivity index is 1.78. The first kappa shape index (κ1) is 14.7. The molecule has 0 unspecified atom stereocenters. The lowest BCUT2D eigenvalue weighted by Gasteiger charge is -2.33. The summed E-state index contributed by atoms with van der Waals surface area (Å²) in [5, 5.41) is 1.13. The SMILES string of the molecule is C#CCN1CCN(C(=O)c2ccc3[nH]c(C)c(C)c3c2)CC1. The number of nitrogens with one attached hydrogen (secondary N) is 1. The predicted octanol–water partition coefficient (Wildman–Crippen LogP) is 2.18. The third-order valence-electron chi connectivity index (χ3n) is 4.53. The van der Waals surface area contributed by atoms with Crippen LogP contribution in [0.3, 0.4) is 0 Å². The fourth-order valence-electron chi connectivity index (χ4n) is 3.02. The Morgan fingerprint density at radius 2 is 2.00 bits per heavy atom. The van der Waals surface area contributed by atoms with Gasteiger partial charge in [0.2, 0.25) is 0 Å². The van der Waals surface area contributed by atoms with E-state index in [9.17, 15) is 4.79 Å². The zero-order valence-corrected chi connectivity index (χ0v) is 13.1. The van der Waals surface area contributed by atoms with E-state index in [0.717, 1.165) is 48.3 Å². The molecule has 0 atom stereocenters. The third-order valence-corrected chi connectivity index (χ3v) is 4.53. The van der Waals surface area contributed by atoms with E-state index in [2.05, 4.69) is 29.7 Å². The number of terminal acetylenes is 1. The molecule has 1 aromatic carbocycles. The standard InChI is InChI=1S/C18H21N3O/c1-4-7-20-8-10-21(11-9-20)18(22)15-5-6-17-16(12-15)13(2)14(3)19-17/h1,5-6,12,19H,7-11H2,2-3H3. The van der Waals surface area contributed by atoms with Gasteiger partial charge in [0.05, 0.1) is 6.54 Å². The van der Waals surface area contributed by atoms with Crippen LogP contribution in [0.25, 0.3) is 10.9 Å². The van der Waals surface area contributed by atoms with Crippen molar-refractivity contribution in [3.8, 4) is 12.3 Å². The monoisotopic (exact) mass is 295 g/mol. The molecule has 2 aromatic rings. The van der Waals surface area contributed by atoms with Crippen LogP contribution in [0.15, 0.2) is 18.2 Å². The molecule has 0 spiro atoms. The normalized spacial score (nSPS) is 16.0. The molecular weight excluding hydrogens is 274 g/mol. The molecular formula is C18H21N3O. The molecule has 4 nitrogen and oxygen atoms in total. The van der Waals surface area contributed by atoms with E-state index >= 15 is 0 Å². The molecule has 1 aromatic heterocycles. The molecule has 4 heteroatoms. The summed E-state index contributed by atoms with van der Waals surface area (Å²) in [6.07, 6.45) is 5.34. The number of rotatable bonds is 2. The van der Waals surface area contributed by atoms with Crippen molar-refractivity contribution in [1.29, 1.82) is 0 Å². The Hall–Kier alpha value is -2.25. The molecule has 1 aliphatic heterocycles. The maximum atomic E-state index is 12.7. The number of aromatic nitrogens is 1. The van der Waals surface area contributed by atoms with Gasteiger partial charge < -0.3 is 9.88 Å². The van der Waals surface area contributed by atoms with Crippen molar-refractivity contribution in [2.45, 2.75) is 13.8 Å². The summed E-state index contributed by atoms with van der Waals surface area (Å²) in [4.78, 5) is 20.1. The number of hydrogen-bond donors (Lipinski definition) is 1. The highest BCUT2D eigenvalue weighted by atomic mass is 16.2. The molecule has 1 aliphatic rings. The minimum Gasteiger partial charge on any atom is -0.358 e. The van der Waals surface area contributed by atoms with Crippen molar-refractivity contribution in [1.82, 2.24) is 14.8 Å². The van der Waals surface area contributed by atoms with E-state index in [1.165, 1.54) is 5.56 Å². The second kappa shape index (κ2) is 5.86. The number of fused-ring (bicyclic) bond motifs is 1. The molecule has 0 aliphatic carbocycles. The largest absolute Gasteiger partial charge is 0.358 e. The summed E-state index contributed by atoms with van der Waals surface area (Å²) in [7, 11) is 0. The highest BCUT2D eigenvalue weighted by Crippen LogP contribution is 2.23. The van der Waals surface area contributed by atoms with Crippen LogP contribution in [0, 0.1) is 26.2 Å². The zero-order chi connectivity index (χ0) is 15.7. The summed E-state index contributed by atoms with van der Waals surface area (Å²) in [6, 6.07) is 5.91. The number of aromatic amines is 1. The number of hydrogen-bond acceptors (Lipinski definition) is 2. The van der Waals surface area contributed by atoms with Gasteiger partial charge >= 0.3 is 0 Å². The number of H-pyrrole nitrogens is 1. The quantitative estimate of drug-likeness (QED) is 0.863. The summed E-state index contributed by atoms with van der Waals surface area (Å²) in [5.74, 6) is 2.77. The number of piperazine rings is 1. The Morgan fingerprint density at radius 1 is 1.27 bits per heavy atom. The molecule has 0 radical (unpaired) electrons. The van der Waals surface area contributed by atoms with E-state index in [1.807, 2.05) is 23.1 Å². The third kappa shape index (κ3) is 2.60. The van der Waals surface area contributed by atoms with Crippen molar-refractivity contribution < 1.29 is 4.79 Å². The van der Waals surface area contributed by atoms with Crippen molar-refractivity contribution in [3.63, 3.8) is 0 Å². The smallest absolute Gasteiger partial charge is 0.253 e. The van der Waals surface area contributed by atoms with E-state index in [1.54, 1.807) is 0 Å². The van der Waals surface area contributed by atoms with E-state index < -0.39 is 0 Å². The molecule has 2 heterocycles. The first-order chi connectivity index (χ1) is 10.6. The fourth-order valence-corrected chi connectivity index (χ4v) is 3.02. The number of amides is 1. The molecule has 1 N–H and O–H groups in total. The first-order valence-corrected chi connectivity index (χ1v) is 7.64. The van der Waals surface area contributed by atoms with Crippen LogP contribution >= 0.6 is 0 Å². The van der Waals surface area contributed by atoms with Gasteiger partial charge in [-0.1, -0.05) is 5.92 Å². The Labute approximate surface area is 131 Å². The summed E-state index contributed by atoms with van der Waals surface area (Å²) >= 11 is 0. The van der Waals surface area contributed by atoms with Gasteiger partial charge in [-0.05, 0) is 37.6 Å². The average Bonchev–Trinajstić information content (AvgIpc) is 2.82. The van der Waals surface area contributed by atoms with Crippen LogP contribution < -0.4 is 0 Å². The fraction of sp³-hybridized carbons (Fsp3) is 0.389. The molecule has 3 rings (SSSR count). The topological polar surface area (TPSA) is 39.3 Å². The number of carbonyl (C=O) groups is 1. The van der Waals surface area contributed by atoms with Gasteiger partial charge in [-0.15, -0.1) is 6.42 Å². The van der Waals surface area contributed by atoms with Gasteiger partial charge in [0.1, 0.15) is 0 Å². The second-order valence-electron chi connectivity index (χ2n) is 5.91. The highest BCUT2D eigenvalue weighted by Gasteiger charge is 2.22. The summed E-state index contributed by atoms with van der Waals surface area (Å²) < 4.78 is 0. The van der Waals surface area contributed by atoms with E-state index in [4.69, 9.17) is 6.42 Å². The highest BCUT2D eigenvalue weighted by molar-refractivity contribution is 5.99. The molecule has 0 bridgehead atoms. The summed E-state index contributed by atoms with van der Waals surface area (Å²) in [6.45, 7) is 7.98. The molecule has 1 fully saturated rings. The van der Waals surface area contributed by atoms with E-state index in [-0.39, 0.29) is 5.91 Å². The van der Waals surface area contributed by atoms with Gasteiger partial charge in [0.25, 0.3) is 5.91 Å². The van der Waals surface area contributed by atoms with Gasteiger partial charge in [-0.25, -0.2) is 0 Å². The van der Waals surface area contributed by atoms with Crippen molar-refractivity contribution >= 4 is 16.8 Å². The van der Waals surface area contributed by atoms with Crippen LogP contribution in [-0.4, -0.2) is 53.4 Å². The molecule has 22 heavy (non-hydrogen) atoms. The van der Waals surface area contributed by atoms with Crippen molar-refractivity contribution in [2.24, 2.45) is 0 Å². The second-order valence-corrected chi connectivity index (χ2v) is 5.91. The molecule has 1 amide bonds.